The second-order valence-corrected chi connectivity index (χ2v) is 4.77. The van der Waals surface area contributed by atoms with Crippen LogP contribution in [-0.4, -0.2) is 10.8 Å². The van der Waals surface area contributed by atoms with Gasteiger partial charge < -0.3 is 10.5 Å². The normalized spacial score (nSPS) is 10.1. The zero-order chi connectivity index (χ0) is 14.7. The Bertz CT molecular complexity index is 688. The lowest BCUT2D eigenvalue weighted by Crippen LogP contribution is -2.10. The fourth-order valence-corrected chi connectivity index (χ4v) is 2.00. The number of halogens is 1. The van der Waals surface area contributed by atoms with E-state index in [0.29, 0.717) is 21.5 Å². The van der Waals surface area contributed by atoms with E-state index in [1.165, 1.54) is 12.1 Å². The average molecular weight is 336 g/mol. The summed E-state index contributed by atoms with van der Waals surface area (Å²) in [7, 11) is 0. The van der Waals surface area contributed by atoms with Gasteiger partial charge in [0.25, 0.3) is 5.69 Å². The number of hydrogen-bond donors (Lipinski definition) is 2. The molecule has 0 aromatic heterocycles. The summed E-state index contributed by atoms with van der Waals surface area (Å²) in [6.45, 7) is 0. The van der Waals surface area contributed by atoms with Crippen LogP contribution < -0.4 is 10.5 Å². The van der Waals surface area contributed by atoms with Crippen molar-refractivity contribution in [3.63, 3.8) is 0 Å². The molecule has 0 fully saturated rings. The van der Waals surface area contributed by atoms with Crippen molar-refractivity contribution in [3.05, 3.63) is 62.6 Å². The maximum Gasteiger partial charge on any atom is 0.273 e. The first-order valence-electron chi connectivity index (χ1n) is 5.53. The van der Waals surface area contributed by atoms with Crippen molar-refractivity contribution in [2.75, 3.05) is 0 Å². The van der Waals surface area contributed by atoms with E-state index in [-0.39, 0.29) is 11.5 Å². The zero-order valence-corrected chi connectivity index (χ0v) is 11.8. The van der Waals surface area contributed by atoms with Gasteiger partial charge in [-0.05, 0) is 40.2 Å². The second-order valence-electron chi connectivity index (χ2n) is 3.92. The number of nitrogens with one attached hydrogen (secondary N) is 1. The minimum absolute atomic E-state index is 0.0426. The molecule has 2 rings (SSSR count). The van der Waals surface area contributed by atoms with Crippen LogP contribution in [-0.2, 0) is 0 Å². The van der Waals surface area contributed by atoms with Crippen molar-refractivity contribution in [2.24, 2.45) is 5.73 Å². The molecule has 0 saturated carbocycles. The molecule has 3 N–H and O–H groups in total. The Morgan fingerprint density at radius 2 is 2.05 bits per heavy atom. The number of nitro benzene ring substituents is 1. The summed E-state index contributed by atoms with van der Waals surface area (Å²) in [4.78, 5) is 10.2. The van der Waals surface area contributed by atoms with E-state index in [4.69, 9.17) is 15.9 Å². The molecule has 2 aromatic carbocycles. The third-order valence-corrected chi connectivity index (χ3v) is 3.12. The molecule has 0 aliphatic rings. The van der Waals surface area contributed by atoms with E-state index in [9.17, 15) is 10.1 Å². The zero-order valence-electron chi connectivity index (χ0n) is 10.2. The van der Waals surface area contributed by atoms with Gasteiger partial charge >= 0.3 is 0 Å². The summed E-state index contributed by atoms with van der Waals surface area (Å²) >= 11 is 3.31. The Kier molecular flexibility index (Phi) is 3.99. The molecule has 0 spiro atoms. The Morgan fingerprint density at radius 1 is 1.30 bits per heavy atom. The second kappa shape index (κ2) is 5.70. The van der Waals surface area contributed by atoms with Crippen molar-refractivity contribution in [1.29, 1.82) is 5.41 Å². The third-order valence-electron chi connectivity index (χ3n) is 2.50. The van der Waals surface area contributed by atoms with Crippen LogP contribution in [0, 0.1) is 15.5 Å². The Hall–Kier alpha value is -2.41. The van der Waals surface area contributed by atoms with Gasteiger partial charge in [-0.1, -0.05) is 6.07 Å². The molecule has 102 valence electrons. The molecule has 6 nitrogen and oxygen atoms in total. The number of nitrogen functional groups attached to an aromatic ring is 1. The van der Waals surface area contributed by atoms with Crippen LogP contribution in [0.3, 0.4) is 0 Å². The monoisotopic (exact) mass is 335 g/mol. The van der Waals surface area contributed by atoms with Crippen molar-refractivity contribution in [2.45, 2.75) is 0 Å². The largest absolute Gasteiger partial charge is 0.456 e. The molecule has 2 aromatic rings. The quantitative estimate of drug-likeness (QED) is 0.386. The maximum absolute atomic E-state index is 10.7. The number of non-ortho nitro benzene ring substituents is 1. The molecular weight excluding hydrogens is 326 g/mol. The molecule has 0 radical (unpaired) electrons. The van der Waals surface area contributed by atoms with Crippen LogP contribution >= 0.6 is 15.9 Å². The molecule has 0 amide bonds. The topological polar surface area (TPSA) is 102 Å². The number of rotatable bonds is 4. The summed E-state index contributed by atoms with van der Waals surface area (Å²) in [6.07, 6.45) is 0. The van der Waals surface area contributed by atoms with E-state index in [0.717, 1.165) is 0 Å². The third kappa shape index (κ3) is 3.12. The Morgan fingerprint density at radius 3 is 2.65 bits per heavy atom. The highest BCUT2D eigenvalue weighted by Crippen LogP contribution is 2.31. The first-order valence-corrected chi connectivity index (χ1v) is 6.33. The van der Waals surface area contributed by atoms with Crippen LogP contribution in [0.5, 0.6) is 11.5 Å². The molecule has 0 unspecified atom stereocenters. The van der Waals surface area contributed by atoms with Crippen molar-refractivity contribution in [1.82, 2.24) is 0 Å². The summed E-state index contributed by atoms with van der Waals surface area (Å²) in [6, 6.07) is 10.8. The molecule has 7 heteroatoms. The lowest BCUT2D eigenvalue weighted by atomic mass is 10.2. The van der Waals surface area contributed by atoms with Gasteiger partial charge in [0.15, 0.2) is 0 Å². The highest BCUT2D eigenvalue weighted by Gasteiger charge is 2.09. The van der Waals surface area contributed by atoms with E-state index in [1.54, 1.807) is 30.3 Å². The first kappa shape index (κ1) is 14.0. The molecule has 0 aliphatic carbocycles. The fourth-order valence-electron chi connectivity index (χ4n) is 1.54. The minimum atomic E-state index is -0.485. The Labute approximate surface area is 123 Å². The molecule has 0 atom stereocenters. The van der Waals surface area contributed by atoms with Gasteiger partial charge in [0.2, 0.25) is 0 Å². The number of amidine groups is 1. The van der Waals surface area contributed by atoms with Crippen molar-refractivity contribution < 1.29 is 9.66 Å². The number of benzene rings is 2. The highest BCUT2D eigenvalue weighted by molar-refractivity contribution is 9.10. The molecule has 0 heterocycles. The van der Waals surface area contributed by atoms with Crippen LogP contribution in [0.1, 0.15) is 5.56 Å². The van der Waals surface area contributed by atoms with Crippen molar-refractivity contribution in [3.8, 4) is 11.5 Å². The lowest BCUT2D eigenvalue weighted by Gasteiger charge is -2.08. The molecule has 0 saturated heterocycles. The lowest BCUT2D eigenvalue weighted by molar-refractivity contribution is -0.384. The number of nitro groups is 1. The van der Waals surface area contributed by atoms with Gasteiger partial charge in [0.05, 0.1) is 15.5 Å². The van der Waals surface area contributed by atoms with Gasteiger partial charge in [-0.15, -0.1) is 0 Å². The average Bonchev–Trinajstić information content (AvgIpc) is 2.41. The highest BCUT2D eigenvalue weighted by atomic mass is 79.9. The van der Waals surface area contributed by atoms with Gasteiger partial charge in [0.1, 0.15) is 17.3 Å². The summed E-state index contributed by atoms with van der Waals surface area (Å²) in [5.41, 5.74) is 5.90. The fraction of sp³-hybridized carbons (Fsp3) is 0. The predicted molar refractivity (Wildman–Crippen MR) is 78.3 cm³/mol. The smallest absolute Gasteiger partial charge is 0.273 e. The van der Waals surface area contributed by atoms with Crippen LogP contribution in [0.2, 0.25) is 0 Å². The SMILES string of the molecule is N=C(N)c1ccc(Oc2cccc([N+](=O)[O-])c2)c(Br)c1. The van der Waals surface area contributed by atoms with E-state index < -0.39 is 4.92 Å². The summed E-state index contributed by atoms with van der Waals surface area (Å²) in [5, 5.41) is 18.0. The van der Waals surface area contributed by atoms with Crippen LogP contribution in [0.25, 0.3) is 0 Å². The number of nitrogens with two attached hydrogens (primary N) is 1. The predicted octanol–water partition coefficient (Wildman–Crippen LogP) is 3.43. The van der Waals surface area contributed by atoms with Crippen LogP contribution in [0.15, 0.2) is 46.9 Å². The number of ether oxygens (including phenoxy) is 1. The first-order chi connectivity index (χ1) is 9.47. The molecule has 0 aliphatic heterocycles. The maximum atomic E-state index is 10.7. The van der Waals surface area contributed by atoms with E-state index >= 15 is 0 Å². The van der Waals surface area contributed by atoms with Crippen molar-refractivity contribution >= 4 is 27.5 Å². The minimum Gasteiger partial charge on any atom is -0.456 e. The molecule has 20 heavy (non-hydrogen) atoms. The van der Waals surface area contributed by atoms with Gasteiger partial charge in [-0.2, -0.15) is 0 Å². The number of nitrogens with zero attached hydrogens (tertiary/aromatic N) is 1. The van der Waals surface area contributed by atoms with Crippen LogP contribution in [0.4, 0.5) is 5.69 Å². The van der Waals surface area contributed by atoms with Gasteiger partial charge in [-0.25, -0.2) is 0 Å². The van der Waals surface area contributed by atoms with Gasteiger partial charge in [-0.3, -0.25) is 15.5 Å². The van der Waals surface area contributed by atoms with E-state index in [1.807, 2.05) is 0 Å². The van der Waals surface area contributed by atoms with Gasteiger partial charge in [0, 0.05) is 11.6 Å². The van der Waals surface area contributed by atoms with E-state index in [2.05, 4.69) is 15.9 Å². The Balaban J connectivity index is 2.28. The summed E-state index contributed by atoms with van der Waals surface area (Å²) in [5.74, 6) is 0.790. The molecule has 0 bridgehead atoms. The molecular formula is C13H10BrN3O3. The standard InChI is InChI=1S/C13H10BrN3O3/c14-11-6-8(13(15)16)4-5-12(11)20-10-3-1-2-9(7-10)17(18)19/h1-7H,(H3,15,16). The summed E-state index contributed by atoms with van der Waals surface area (Å²) < 4.78 is 6.18. The number of hydrogen-bond acceptors (Lipinski definition) is 4.